The number of para-hydroxylation sites is 1. The van der Waals surface area contributed by atoms with Gasteiger partial charge in [0.25, 0.3) is 0 Å². The maximum atomic E-state index is 7.43. The molecule has 2 saturated carbocycles. The van der Waals surface area contributed by atoms with Gasteiger partial charge in [-0.15, -0.1) is 0 Å². The van der Waals surface area contributed by atoms with Crippen molar-refractivity contribution < 1.29 is 4.42 Å². The van der Waals surface area contributed by atoms with Crippen LogP contribution in [-0.2, 0) is 27.1 Å². The summed E-state index contributed by atoms with van der Waals surface area (Å²) in [5, 5.41) is 2.32. The Balaban J connectivity index is 1.11. The second-order valence-electron chi connectivity index (χ2n) is 24.3. The van der Waals surface area contributed by atoms with Crippen molar-refractivity contribution in [1.29, 1.82) is 0 Å². The molecule has 4 aliphatic rings. The van der Waals surface area contributed by atoms with Crippen molar-refractivity contribution in [2.45, 2.75) is 129 Å². The van der Waals surface area contributed by atoms with E-state index in [1.54, 1.807) is 5.56 Å². The molecule has 2 heteroatoms. The lowest BCUT2D eigenvalue weighted by molar-refractivity contribution is 0.327. The lowest BCUT2D eigenvalue weighted by Gasteiger charge is -2.37. The number of fused-ring (bicyclic) bond motifs is 14. The molecule has 332 valence electrons. The Hall–Kier alpha value is -5.86. The van der Waals surface area contributed by atoms with Crippen LogP contribution in [0.2, 0.25) is 0 Å². The highest BCUT2D eigenvalue weighted by Crippen LogP contribution is 2.66. The summed E-state index contributed by atoms with van der Waals surface area (Å²) in [6.45, 7) is 25.8. The smallest absolute Gasteiger partial charge is 0.159 e. The number of furan rings is 1. The molecule has 3 unspecified atom stereocenters. The Morgan fingerprint density at radius 2 is 1.09 bits per heavy atom. The summed E-state index contributed by atoms with van der Waals surface area (Å²) in [6, 6.07) is 52.0. The SMILES string of the molecule is CC(C)(C)c1cc(-c2cc(C(C)(C)C)c3oc4c(N(c5ccc6c(c5)C(C)(C)c5ccccc5-6)c5ccc6c(c5)C5(CC7CCC5C7)c5ccccc5-6)cccc4c3c2)cc(C(C)(C)C)c1. The Morgan fingerprint density at radius 3 is 1.71 bits per heavy atom. The first-order valence-corrected chi connectivity index (χ1v) is 24.8. The molecular weight excluding hydrogens is 799 g/mol. The van der Waals surface area contributed by atoms with Crippen LogP contribution in [0.5, 0.6) is 0 Å². The van der Waals surface area contributed by atoms with Gasteiger partial charge < -0.3 is 9.32 Å². The number of rotatable bonds is 4. The molecule has 0 radical (unpaired) electrons. The zero-order valence-corrected chi connectivity index (χ0v) is 41.0. The first-order valence-electron chi connectivity index (χ1n) is 24.8. The van der Waals surface area contributed by atoms with E-state index in [0.717, 1.165) is 33.8 Å². The van der Waals surface area contributed by atoms with E-state index in [1.807, 2.05) is 0 Å². The number of hydrogen-bond donors (Lipinski definition) is 0. The average molecular weight is 864 g/mol. The van der Waals surface area contributed by atoms with E-state index in [-0.39, 0.29) is 27.1 Å². The van der Waals surface area contributed by atoms with Crippen LogP contribution in [0.1, 0.15) is 141 Å². The van der Waals surface area contributed by atoms with Crippen LogP contribution in [-0.4, -0.2) is 0 Å². The minimum absolute atomic E-state index is 0.0145. The van der Waals surface area contributed by atoms with E-state index in [0.29, 0.717) is 5.92 Å². The van der Waals surface area contributed by atoms with E-state index in [1.165, 1.54) is 104 Å². The summed E-state index contributed by atoms with van der Waals surface area (Å²) in [4.78, 5) is 2.54. The molecule has 8 aromatic rings. The minimum atomic E-state index is -0.166. The van der Waals surface area contributed by atoms with E-state index in [9.17, 15) is 0 Å². The van der Waals surface area contributed by atoms with Gasteiger partial charge in [-0.3, -0.25) is 0 Å². The molecule has 0 N–H and O–H groups in total. The normalized spacial score (nSPS) is 20.3. The van der Waals surface area contributed by atoms with Crippen LogP contribution in [0.4, 0.5) is 17.1 Å². The van der Waals surface area contributed by atoms with Gasteiger partial charge in [-0.1, -0.05) is 174 Å². The highest BCUT2D eigenvalue weighted by Gasteiger charge is 2.56. The monoisotopic (exact) mass is 864 g/mol. The molecule has 0 aliphatic heterocycles. The Labute approximate surface area is 393 Å². The van der Waals surface area contributed by atoms with Crippen molar-refractivity contribution in [1.82, 2.24) is 0 Å². The topological polar surface area (TPSA) is 16.4 Å². The van der Waals surface area contributed by atoms with Gasteiger partial charge in [0.15, 0.2) is 5.58 Å². The predicted molar refractivity (Wildman–Crippen MR) is 279 cm³/mol. The third kappa shape index (κ3) is 5.98. The van der Waals surface area contributed by atoms with Gasteiger partial charge in [0, 0.05) is 38.5 Å². The molecule has 0 amide bonds. The van der Waals surface area contributed by atoms with Crippen LogP contribution in [0.3, 0.4) is 0 Å². The zero-order valence-electron chi connectivity index (χ0n) is 41.0. The maximum absolute atomic E-state index is 7.43. The lowest BCUT2D eigenvalue weighted by Crippen LogP contribution is -2.32. The number of nitrogens with zero attached hydrogens (tertiary/aromatic N) is 1. The van der Waals surface area contributed by atoms with Crippen molar-refractivity contribution in [2.24, 2.45) is 11.8 Å². The molecular formula is C64H65NO. The van der Waals surface area contributed by atoms with E-state index < -0.39 is 0 Å². The standard InChI is InChI=1S/C64H65NO/c1-60(2,3)42-30-39(31-43(34-42)61(4,5)6)40-32-51-50-19-16-22-57(59(50)66-58(51)56(33-40)62(7,8)9)65(44-25-27-48-46-17-12-14-20-52(46)63(10,11)54(48)35-44)45-26-28-49-47-18-13-15-21-53(47)64(55(49)36-45)37-38-23-24-41(64)29-38/h12-22,25-28,30-36,38,41H,23-24,29,37H2,1-11H3. The van der Waals surface area contributed by atoms with Crippen molar-refractivity contribution in [2.75, 3.05) is 4.90 Å². The van der Waals surface area contributed by atoms with Gasteiger partial charge in [-0.2, -0.15) is 0 Å². The number of hydrogen-bond acceptors (Lipinski definition) is 2. The molecule has 66 heavy (non-hydrogen) atoms. The van der Waals surface area contributed by atoms with Gasteiger partial charge in [0.2, 0.25) is 0 Å². The van der Waals surface area contributed by atoms with Gasteiger partial charge in [0.1, 0.15) is 5.58 Å². The Morgan fingerprint density at radius 1 is 0.500 bits per heavy atom. The second kappa shape index (κ2) is 13.9. The molecule has 7 aromatic carbocycles. The van der Waals surface area contributed by atoms with Crippen LogP contribution < -0.4 is 4.90 Å². The molecule has 1 heterocycles. The Bertz CT molecular complexity index is 3280. The van der Waals surface area contributed by atoms with Crippen molar-refractivity contribution >= 4 is 39.0 Å². The van der Waals surface area contributed by atoms with E-state index in [4.69, 9.17) is 4.42 Å². The molecule has 2 nitrogen and oxygen atoms in total. The molecule has 1 spiro atoms. The molecule has 3 atom stereocenters. The second-order valence-corrected chi connectivity index (χ2v) is 24.3. The molecule has 4 aliphatic carbocycles. The van der Waals surface area contributed by atoms with Crippen LogP contribution >= 0.6 is 0 Å². The highest BCUT2D eigenvalue weighted by atomic mass is 16.3. The first kappa shape index (κ1) is 41.6. The maximum Gasteiger partial charge on any atom is 0.159 e. The Kier molecular flexibility index (Phi) is 8.72. The largest absolute Gasteiger partial charge is 0.454 e. The van der Waals surface area contributed by atoms with Gasteiger partial charge in [-0.25, -0.2) is 0 Å². The molecule has 2 fully saturated rings. The van der Waals surface area contributed by atoms with Crippen molar-refractivity contribution in [3.63, 3.8) is 0 Å². The zero-order chi connectivity index (χ0) is 45.9. The number of benzene rings is 7. The summed E-state index contributed by atoms with van der Waals surface area (Å²) in [5.74, 6) is 1.48. The third-order valence-corrected chi connectivity index (χ3v) is 16.7. The summed E-state index contributed by atoms with van der Waals surface area (Å²) in [5.41, 5.74) is 22.9. The van der Waals surface area contributed by atoms with Crippen LogP contribution in [0.25, 0.3) is 55.3 Å². The summed E-state index contributed by atoms with van der Waals surface area (Å²) >= 11 is 0. The molecule has 1 aromatic heterocycles. The van der Waals surface area contributed by atoms with Crippen LogP contribution in [0.15, 0.2) is 138 Å². The summed E-state index contributed by atoms with van der Waals surface area (Å²) in [6.07, 6.45) is 5.29. The minimum Gasteiger partial charge on any atom is -0.454 e. The van der Waals surface area contributed by atoms with E-state index >= 15 is 0 Å². The van der Waals surface area contributed by atoms with E-state index in [2.05, 4.69) is 215 Å². The molecule has 12 rings (SSSR count). The van der Waals surface area contributed by atoms with Gasteiger partial charge >= 0.3 is 0 Å². The lowest BCUT2D eigenvalue weighted by atomic mass is 9.67. The molecule has 0 saturated heterocycles. The highest BCUT2D eigenvalue weighted by molar-refractivity contribution is 6.12. The quantitative estimate of drug-likeness (QED) is 0.175. The number of anilines is 3. The van der Waals surface area contributed by atoms with Crippen LogP contribution in [0, 0.1) is 11.8 Å². The average Bonchev–Trinajstić information content (AvgIpc) is 4.10. The summed E-state index contributed by atoms with van der Waals surface area (Å²) < 4.78 is 7.43. The fourth-order valence-electron chi connectivity index (χ4n) is 13.2. The van der Waals surface area contributed by atoms with Gasteiger partial charge in [0.05, 0.1) is 5.69 Å². The third-order valence-electron chi connectivity index (χ3n) is 16.7. The van der Waals surface area contributed by atoms with Gasteiger partial charge in [-0.05, 0) is 157 Å². The fourth-order valence-corrected chi connectivity index (χ4v) is 13.2. The summed E-state index contributed by atoms with van der Waals surface area (Å²) in [7, 11) is 0. The first-order chi connectivity index (χ1) is 31.3. The van der Waals surface area contributed by atoms with Crippen molar-refractivity contribution in [3.05, 3.63) is 172 Å². The molecule has 2 bridgehead atoms. The predicted octanol–water partition coefficient (Wildman–Crippen LogP) is 18.0. The van der Waals surface area contributed by atoms with Crippen molar-refractivity contribution in [3.8, 4) is 33.4 Å². The fraction of sp³-hybridized carbons (Fsp3) is 0.344.